The summed E-state index contributed by atoms with van der Waals surface area (Å²) in [5.74, 6) is -0.290. The number of rotatable bonds is 6. The maximum Gasteiger partial charge on any atom is 0.573 e. The van der Waals surface area contributed by atoms with Crippen LogP contribution in [-0.4, -0.2) is 39.4 Å². The standard InChI is InChI=1S/C20H20F3N3O3S2/c21-20(22,23)29-15-5-7-16(8-6-15)31(27,28)24-13-14-9-11-26(12-10-14)19-25-17-3-1-2-4-18(17)30-19/h1-8,14,24H,9-13H2. The molecule has 0 spiro atoms. The van der Waals surface area contributed by atoms with Crippen LogP contribution in [-0.2, 0) is 10.0 Å². The molecule has 2 aromatic carbocycles. The van der Waals surface area contributed by atoms with E-state index in [1.807, 2.05) is 24.3 Å². The smallest absolute Gasteiger partial charge is 0.406 e. The second kappa shape index (κ2) is 8.64. The Balaban J connectivity index is 1.30. The first-order valence-corrected chi connectivity index (χ1v) is 12.0. The van der Waals surface area contributed by atoms with Crippen molar-refractivity contribution >= 4 is 36.7 Å². The lowest BCUT2D eigenvalue weighted by Gasteiger charge is -2.31. The number of benzene rings is 2. The highest BCUT2D eigenvalue weighted by atomic mass is 32.2. The summed E-state index contributed by atoms with van der Waals surface area (Å²) in [5, 5.41) is 0.974. The fraction of sp³-hybridized carbons (Fsp3) is 0.350. The Hall–Kier alpha value is -2.37. The molecule has 0 amide bonds. The molecule has 3 aromatic rings. The number of hydrogen-bond acceptors (Lipinski definition) is 6. The van der Waals surface area contributed by atoms with E-state index in [1.165, 1.54) is 0 Å². The van der Waals surface area contributed by atoms with Gasteiger partial charge in [-0.15, -0.1) is 13.2 Å². The molecule has 1 aliphatic heterocycles. The zero-order valence-electron chi connectivity index (χ0n) is 16.3. The Morgan fingerprint density at radius 1 is 1.10 bits per heavy atom. The summed E-state index contributed by atoms with van der Waals surface area (Å²) in [5.41, 5.74) is 0.976. The maximum atomic E-state index is 12.5. The summed E-state index contributed by atoms with van der Waals surface area (Å²) in [4.78, 5) is 6.78. The van der Waals surface area contributed by atoms with Crippen LogP contribution in [0.5, 0.6) is 5.75 Å². The zero-order chi connectivity index (χ0) is 22.1. The molecule has 0 atom stereocenters. The van der Waals surface area contributed by atoms with Crippen LogP contribution in [0.25, 0.3) is 10.2 Å². The molecule has 166 valence electrons. The highest BCUT2D eigenvalue weighted by Gasteiger charge is 2.31. The van der Waals surface area contributed by atoms with E-state index < -0.39 is 22.1 Å². The van der Waals surface area contributed by atoms with Gasteiger partial charge in [0.2, 0.25) is 10.0 Å². The topological polar surface area (TPSA) is 71.5 Å². The number of alkyl halides is 3. The van der Waals surface area contributed by atoms with Gasteiger partial charge in [-0.1, -0.05) is 23.5 Å². The summed E-state index contributed by atoms with van der Waals surface area (Å²) in [7, 11) is -3.81. The normalized spacial score (nSPS) is 16.0. The van der Waals surface area contributed by atoms with Crippen LogP contribution in [0.1, 0.15) is 12.8 Å². The van der Waals surface area contributed by atoms with Crippen molar-refractivity contribution in [2.75, 3.05) is 24.5 Å². The largest absolute Gasteiger partial charge is 0.573 e. The fourth-order valence-corrected chi connectivity index (χ4v) is 5.59. The van der Waals surface area contributed by atoms with Crippen LogP contribution < -0.4 is 14.4 Å². The number of nitrogens with zero attached hydrogens (tertiary/aromatic N) is 2. The number of halogens is 3. The first-order valence-electron chi connectivity index (χ1n) is 9.66. The molecule has 6 nitrogen and oxygen atoms in total. The molecule has 0 bridgehead atoms. The maximum absolute atomic E-state index is 12.5. The highest BCUT2D eigenvalue weighted by Crippen LogP contribution is 2.31. The Morgan fingerprint density at radius 3 is 2.42 bits per heavy atom. The lowest BCUT2D eigenvalue weighted by molar-refractivity contribution is -0.274. The third-order valence-corrected chi connectivity index (χ3v) is 7.63. The number of thiazole rings is 1. The van der Waals surface area contributed by atoms with E-state index in [1.54, 1.807) is 11.3 Å². The molecular weight excluding hydrogens is 451 g/mol. The Bertz CT molecular complexity index is 1110. The van der Waals surface area contributed by atoms with E-state index in [9.17, 15) is 21.6 Å². The lowest BCUT2D eigenvalue weighted by Crippen LogP contribution is -2.38. The van der Waals surface area contributed by atoms with Gasteiger partial charge < -0.3 is 9.64 Å². The van der Waals surface area contributed by atoms with Crippen LogP contribution in [0.3, 0.4) is 0 Å². The Morgan fingerprint density at radius 2 is 1.77 bits per heavy atom. The number of fused-ring (bicyclic) bond motifs is 1. The van der Waals surface area contributed by atoms with Crippen molar-refractivity contribution in [1.29, 1.82) is 0 Å². The molecule has 1 N–H and O–H groups in total. The minimum Gasteiger partial charge on any atom is -0.406 e. The number of nitrogens with one attached hydrogen (secondary N) is 1. The van der Waals surface area contributed by atoms with Crippen LogP contribution in [0, 0.1) is 5.92 Å². The second-order valence-corrected chi connectivity index (χ2v) is 10.0. The van der Waals surface area contributed by atoms with Crippen molar-refractivity contribution in [2.24, 2.45) is 5.92 Å². The molecule has 0 unspecified atom stereocenters. The average molecular weight is 472 g/mol. The fourth-order valence-electron chi connectivity index (χ4n) is 3.46. The van der Waals surface area contributed by atoms with Gasteiger partial charge in [0.25, 0.3) is 0 Å². The molecule has 0 saturated carbocycles. The van der Waals surface area contributed by atoms with Gasteiger partial charge in [0.05, 0.1) is 15.1 Å². The van der Waals surface area contributed by atoms with Gasteiger partial charge >= 0.3 is 6.36 Å². The third-order valence-electron chi connectivity index (χ3n) is 5.10. The van der Waals surface area contributed by atoms with E-state index in [0.29, 0.717) is 0 Å². The SMILES string of the molecule is O=S(=O)(NCC1CCN(c2nc3ccccc3s2)CC1)c1ccc(OC(F)(F)F)cc1. The molecule has 1 fully saturated rings. The number of aromatic nitrogens is 1. The van der Waals surface area contributed by atoms with Gasteiger partial charge in [-0.2, -0.15) is 0 Å². The zero-order valence-corrected chi connectivity index (χ0v) is 17.9. The van der Waals surface area contributed by atoms with Gasteiger partial charge in [0.1, 0.15) is 5.75 Å². The van der Waals surface area contributed by atoms with Crippen LogP contribution in [0.4, 0.5) is 18.3 Å². The average Bonchev–Trinajstić information content (AvgIpc) is 3.16. The lowest BCUT2D eigenvalue weighted by atomic mass is 9.97. The Labute approximate surface area is 181 Å². The summed E-state index contributed by atoms with van der Waals surface area (Å²) in [6.45, 7) is 1.85. The van der Waals surface area contributed by atoms with Gasteiger partial charge in [-0.3, -0.25) is 0 Å². The molecule has 1 aromatic heterocycles. The Kier molecular flexibility index (Phi) is 6.09. The van der Waals surface area contributed by atoms with E-state index in [-0.39, 0.29) is 17.4 Å². The molecule has 4 rings (SSSR count). The minimum absolute atomic E-state index is 0.103. The van der Waals surface area contributed by atoms with Crippen molar-refractivity contribution in [3.05, 3.63) is 48.5 Å². The number of ether oxygens (including phenoxy) is 1. The van der Waals surface area contributed by atoms with E-state index in [4.69, 9.17) is 0 Å². The van der Waals surface area contributed by atoms with E-state index >= 15 is 0 Å². The first-order chi connectivity index (χ1) is 14.7. The summed E-state index contributed by atoms with van der Waals surface area (Å²) in [6.07, 6.45) is -3.19. The molecule has 1 saturated heterocycles. The minimum atomic E-state index is -4.82. The van der Waals surface area contributed by atoms with Crippen molar-refractivity contribution in [3.63, 3.8) is 0 Å². The second-order valence-electron chi connectivity index (χ2n) is 7.27. The number of piperidine rings is 1. The third kappa shape index (κ3) is 5.46. The van der Waals surface area contributed by atoms with Gasteiger partial charge in [0, 0.05) is 19.6 Å². The van der Waals surface area contributed by atoms with E-state index in [2.05, 4.69) is 19.3 Å². The van der Waals surface area contributed by atoms with Crippen LogP contribution in [0.15, 0.2) is 53.4 Å². The van der Waals surface area contributed by atoms with Crippen LogP contribution in [0.2, 0.25) is 0 Å². The first kappa shape index (κ1) is 21.8. The quantitative estimate of drug-likeness (QED) is 0.577. The summed E-state index contributed by atoms with van der Waals surface area (Å²) < 4.78 is 69.1. The molecule has 2 heterocycles. The summed E-state index contributed by atoms with van der Waals surface area (Å²) >= 11 is 1.65. The van der Waals surface area contributed by atoms with Crippen LogP contribution >= 0.6 is 11.3 Å². The van der Waals surface area contributed by atoms with Crippen molar-refractivity contribution < 1.29 is 26.3 Å². The number of sulfonamides is 1. The predicted octanol–water partition coefficient (Wildman–Crippen LogP) is 4.39. The van der Waals surface area contributed by atoms with Gasteiger partial charge in [-0.05, 0) is 55.2 Å². The molecule has 31 heavy (non-hydrogen) atoms. The van der Waals surface area contributed by atoms with Gasteiger partial charge in [-0.25, -0.2) is 18.1 Å². The molecule has 11 heteroatoms. The monoisotopic (exact) mass is 471 g/mol. The number of anilines is 1. The highest BCUT2D eigenvalue weighted by molar-refractivity contribution is 7.89. The molecule has 1 aliphatic rings. The number of para-hydroxylation sites is 1. The molecule has 0 aliphatic carbocycles. The molecule has 0 radical (unpaired) electrons. The predicted molar refractivity (Wildman–Crippen MR) is 113 cm³/mol. The van der Waals surface area contributed by atoms with Crippen molar-refractivity contribution in [3.8, 4) is 5.75 Å². The van der Waals surface area contributed by atoms with Crippen molar-refractivity contribution in [1.82, 2.24) is 9.71 Å². The summed E-state index contributed by atoms with van der Waals surface area (Å²) in [6, 6.07) is 12.1. The van der Waals surface area contributed by atoms with Crippen molar-refractivity contribution in [2.45, 2.75) is 24.1 Å². The van der Waals surface area contributed by atoms with E-state index in [0.717, 1.165) is 65.5 Å². The number of hydrogen-bond donors (Lipinski definition) is 1. The van der Waals surface area contributed by atoms with Gasteiger partial charge in [0.15, 0.2) is 5.13 Å². The molecular formula is C20H20F3N3O3S2.